The molecule has 0 aromatic rings. The predicted molar refractivity (Wildman–Crippen MR) is 104 cm³/mol. The van der Waals surface area contributed by atoms with Gasteiger partial charge >= 0.3 is 0 Å². The molecule has 3 nitrogen and oxygen atoms in total. The molecule has 3 heteroatoms. The van der Waals surface area contributed by atoms with Gasteiger partial charge < -0.3 is 15.4 Å². The summed E-state index contributed by atoms with van der Waals surface area (Å²) in [5.74, 6) is -0.0775. The first-order chi connectivity index (χ1) is 11.3. The Morgan fingerprint density at radius 1 is 1.25 bits per heavy atom. The van der Waals surface area contributed by atoms with Gasteiger partial charge in [0, 0.05) is 18.0 Å². The van der Waals surface area contributed by atoms with Crippen molar-refractivity contribution in [3.8, 4) is 0 Å². The zero-order chi connectivity index (χ0) is 18.4. The van der Waals surface area contributed by atoms with Gasteiger partial charge in [0.05, 0.1) is 17.7 Å². The Kier molecular flexibility index (Phi) is 7.02. The number of piperidine rings is 1. The highest BCUT2D eigenvalue weighted by Gasteiger charge is 2.40. The van der Waals surface area contributed by atoms with E-state index in [2.05, 4.69) is 25.0 Å². The SMILES string of the molecule is C=C(O)C1C(=C/C)/C(=C\C)C(=C)N(CC)C1C(/C=C\C(C)=N)=C/C. The van der Waals surface area contributed by atoms with Crippen LogP contribution in [-0.4, -0.2) is 28.3 Å². The third-order valence-corrected chi connectivity index (χ3v) is 4.46. The summed E-state index contributed by atoms with van der Waals surface area (Å²) in [6, 6.07) is -0.0875. The molecule has 0 spiro atoms. The van der Waals surface area contributed by atoms with Gasteiger partial charge in [-0.2, -0.15) is 0 Å². The Bertz CT molecular complexity index is 647. The van der Waals surface area contributed by atoms with E-state index in [4.69, 9.17) is 5.41 Å². The zero-order valence-corrected chi connectivity index (χ0v) is 15.6. The molecule has 0 bridgehead atoms. The number of nitrogens with zero attached hydrogens (tertiary/aromatic N) is 1. The zero-order valence-electron chi connectivity index (χ0n) is 15.6. The fraction of sp³-hybridized carbons (Fsp3) is 0.381. The van der Waals surface area contributed by atoms with E-state index in [1.54, 1.807) is 13.0 Å². The molecule has 1 saturated heterocycles. The van der Waals surface area contributed by atoms with E-state index < -0.39 is 0 Å². The van der Waals surface area contributed by atoms with Gasteiger partial charge in [0.2, 0.25) is 0 Å². The van der Waals surface area contributed by atoms with Crippen molar-refractivity contribution < 1.29 is 5.11 Å². The predicted octanol–water partition coefficient (Wildman–Crippen LogP) is 5.33. The van der Waals surface area contributed by atoms with Crippen molar-refractivity contribution in [2.75, 3.05) is 6.54 Å². The summed E-state index contributed by atoms with van der Waals surface area (Å²) in [5.41, 5.74) is 4.59. The number of hydrogen-bond donors (Lipinski definition) is 2. The van der Waals surface area contributed by atoms with Gasteiger partial charge in [-0.3, -0.25) is 0 Å². The van der Waals surface area contributed by atoms with Crippen molar-refractivity contribution >= 4 is 5.71 Å². The minimum Gasteiger partial charge on any atom is -0.512 e. The molecule has 0 saturated carbocycles. The summed E-state index contributed by atoms with van der Waals surface area (Å²) in [5, 5.41) is 18.0. The first-order valence-corrected chi connectivity index (χ1v) is 8.39. The lowest BCUT2D eigenvalue weighted by molar-refractivity contribution is 0.210. The molecule has 2 atom stereocenters. The molecule has 0 aliphatic carbocycles. The summed E-state index contributed by atoms with van der Waals surface area (Å²) in [4.78, 5) is 2.20. The molecule has 1 aliphatic rings. The number of allylic oxidation sites excluding steroid dienone is 5. The Labute approximate surface area is 146 Å². The molecule has 2 N–H and O–H groups in total. The normalized spacial score (nSPS) is 25.8. The Hall–Kier alpha value is -2.29. The molecule has 0 radical (unpaired) electrons. The van der Waals surface area contributed by atoms with Crippen molar-refractivity contribution in [2.45, 2.75) is 40.7 Å². The Morgan fingerprint density at radius 3 is 2.25 bits per heavy atom. The molecule has 0 aromatic carbocycles. The maximum atomic E-state index is 10.4. The van der Waals surface area contributed by atoms with Crippen LogP contribution in [0.5, 0.6) is 0 Å². The smallest absolute Gasteiger partial charge is 0.0950 e. The van der Waals surface area contributed by atoms with Gasteiger partial charge in [-0.1, -0.05) is 37.5 Å². The first kappa shape index (κ1) is 19.8. The van der Waals surface area contributed by atoms with Crippen molar-refractivity contribution in [2.24, 2.45) is 5.92 Å². The second kappa shape index (κ2) is 8.53. The summed E-state index contributed by atoms with van der Waals surface area (Å²) in [6.45, 7) is 18.7. The first-order valence-electron chi connectivity index (χ1n) is 8.39. The van der Waals surface area contributed by atoms with Crippen molar-refractivity contribution in [3.63, 3.8) is 0 Å². The number of likely N-dealkylation sites (tertiary alicyclic amines) is 1. The fourth-order valence-corrected chi connectivity index (χ4v) is 3.38. The summed E-state index contributed by atoms with van der Waals surface area (Å²) in [7, 11) is 0. The van der Waals surface area contributed by atoms with Crippen LogP contribution in [0.1, 0.15) is 34.6 Å². The van der Waals surface area contributed by atoms with E-state index in [0.29, 0.717) is 5.71 Å². The molecule has 24 heavy (non-hydrogen) atoms. The standard InChI is InChI=1S/C21H30N2O/c1-8-17(13-12-14(5)22)21-20(16(7)24)19(10-3)18(9-2)15(6)23(21)11-4/h8-10,12-13,20-22,24H,6-7,11H2,1-5H3/b13-12-,17-8+,18-9-,19-10+,22-14?. The number of likely N-dealkylation sites (N-methyl/N-ethyl adjacent to an activating group) is 1. The van der Waals surface area contributed by atoms with Gasteiger partial charge in [0.25, 0.3) is 0 Å². The molecule has 1 aliphatic heterocycles. The summed E-state index contributed by atoms with van der Waals surface area (Å²) in [6.07, 6.45) is 9.84. The maximum Gasteiger partial charge on any atom is 0.0950 e. The molecular formula is C21H30N2O. The van der Waals surface area contributed by atoms with Crippen LogP contribution in [0, 0.1) is 11.3 Å². The van der Waals surface area contributed by atoms with Crippen LogP contribution in [0.2, 0.25) is 0 Å². The number of rotatable bonds is 5. The third kappa shape index (κ3) is 3.78. The number of aliphatic hydroxyl groups is 1. The van der Waals surface area contributed by atoms with E-state index >= 15 is 0 Å². The van der Waals surface area contributed by atoms with E-state index in [-0.39, 0.29) is 17.7 Å². The van der Waals surface area contributed by atoms with E-state index in [0.717, 1.165) is 29.0 Å². The molecule has 0 aromatic heterocycles. The van der Waals surface area contributed by atoms with Crippen molar-refractivity contribution in [1.82, 2.24) is 4.90 Å². The van der Waals surface area contributed by atoms with Gasteiger partial charge in [-0.05, 0) is 57.4 Å². The number of hydrogen-bond acceptors (Lipinski definition) is 3. The van der Waals surface area contributed by atoms with Crippen LogP contribution in [0.4, 0.5) is 0 Å². The lowest BCUT2D eigenvalue weighted by Crippen LogP contribution is -2.47. The third-order valence-electron chi connectivity index (χ3n) is 4.46. The molecule has 1 rings (SSSR count). The summed E-state index contributed by atoms with van der Waals surface area (Å²) < 4.78 is 0. The van der Waals surface area contributed by atoms with Gasteiger partial charge in [-0.25, -0.2) is 0 Å². The molecule has 2 unspecified atom stereocenters. The average Bonchev–Trinajstić information content (AvgIpc) is 2.54. The topological polar surface area (TPSA) is 47.3 Å². The van der Waals surface area contributed by atoms with Crippen LogP contribution in [0.25, 0.3) is 0 Å². The van der Waals surface area contributed by atoms with Gasteiger partial charge in [0.15, 0.2) is 0 Å². The largest absolute Gasteiger partial charge is 0.512 e. The second-order valence-corrected chi connectivity index (χ2v) is 5.90. The monoisotopic (exact) mass is 326 g/mol. The number of aliphatic hydroxyl groups excluding tert-OH is 1. The highest BCUT2D eigenvalue weighted by atomic mass is 16.3. The van der Waals surface area contributed by atoms with Crippen LogP contribution < -0.4 is 0 Å². The van der Waals surface area contributed by atoms with Gasteiger partial charge in [0.1, 0.15) is 0 Å². The van der Waals surface area contributed by atoms with Crippen LogP contribution in [0.3, 0.4) is 0 Å². The van der Waals surface area contributed by atoms with E-state index in [9.17, 15) is 5.11 Å². The number of nitrogens with one attached hydrogen (secondary N) is 1. The van der Waals surface area contributed by atoms with Gasteiger partial charge in [-0.15, -0.1) is 0 Å². The quantitative estimate of drug-likeness (QED) is 0.408. The molecule has 0 amide bonds. The van der Waals surface area contributed by atoms with Crippen molar-refractivity contribution in [1.29, 1.82) is 5.41 Å². The highest BCUT2D eigenvalue weighted by Crippen LogP contribution is 2.43. The Morgan fingerprint density at radius 2 is 1.88 bits per heavy atom. The molecule has 1 heterocycles. The minimum atomic E-state index is -0.228. The van der Waals surface area contributed by atoms with Crippen LogP contribution >= 0.6 is 0 Å². The highest BCUT2D eigenvalue weighted by molar-refractivity contribution is 5.90. The molecule has 130 valence electrons. The van der Waals surface area contributed by atoms with Crippen LogP contribution in [0.15, 0.2) is 71.7 Å². The van der Waals surface area contributed by atoms with E-state index in [1.807, 2.05) is 45.1 Å². The van der Waals surface area contributed by atoms with Crippen LogP contribution in [-0.2, 0) is 0 Å². The molecular weight excluding hydrogens is 296 g/mol. The lowest BCUT2D eigenvalue weighted by Gasteiger charge is -2.46. The Balaban J connectivity index is 3.58. The van der Waals surface area contributed by atoms with Crippen molar-refractivity contribution in [3.05, 3.63) is 71.7 Å². The average molecular weight is 326 g/mol. The second-order valence-electron chi connectivity index (χ2n) is 5.90. The lowest BCUT2D eigenvalue weighted by atomic mass is 9.75. The maximum absolute atomic E-state index is 10.4. The van der Waals surface area contributed by atoms with E-state index in [1.165, 1.54) is 0 Å². The fourth-order valence-electron chi connectivity index (χ4n) is 3.38. The summed E-state index contributed by atoms with van der Waals surface area (Å²) >= 11 is 0. The molecule has 1 fully saturated rings. The minimum absolute atomic E-state index is 0.0875.